The molecule has 1 aromatic carbocycles. The van der Waals surface area contributed by atoms with Crippen molar-refractivity contribution in [3.05, 3.63) is 35.4 Å². The molecule has 1 rings (SSSR count). The normalized spacial score (nSPS) is 13.5. The third kappa shape index (κ3) is 7.04. The number of carboxylic acids is 1. The molecule has 0 aliphatic rings. The second-order valence-electron chi connectivity index (χ2n) is 7.62. The maximum Gasteiger partial charge on any atom is 0.317 e. The highest BCUT2D eigenvalue weighted by Gasteiger charge is 2.20. The number of nitrogens with zero attached hydrogens (tertiary/aromatic N) is 2. The first-order chi connectivity index (χ1) is 12.1. The highest BCUT2D eigenvalue weighted by molar-refractivity contribution is 5.75. The monoisotopic (exact) mass is 363 g/mol. The lowest BCUT2D eigenvalue weighted by atomic mass is 9.99. The average Bonchev–Trinajstić information content (AvgIpc) is 2.55. The zero-order chi connectivity index (χ0) is 19.9. The van der Waals surface area contributed by atoms with E-state index in [1.807, 2.05) is 14.1 Å². The molecule has 2 N–H and O–H groups in total. The van der Waals surface area contributed by atoms with E-state index in [-0.39, 0.29) is 18.6 Å². The van der Waals surface area contributed by atoms with E-state index in [2.05, 4.69) is 48.3 Å². The Balaban J connectivity index is 2.68. The third-order valence-electron chi connectivity index (χ3n) is 4.39. The molecule has 0 aliphatic carbocycles. The molecule has 6 heteroatoms. The van der Waals surface area contributed by atoms with Gasteiger partial charge in [0.25, 0.3) is 0 Å². The van der Waals surface area contributed by atoms with Gasteiger partial charge in [0.1, 0.15) is 0 Å². The first-order valence-electron chi connectivity index (χ1n) is 9.08. The Labute approximate surface area is 157 Å². The van der Waals surface area contributed by atoms with Crippen LogP contribution < -0.4 is 5.32 Å². The molecule has 0 fully saturated rings. The van der Waals surface area contributed by atoms with Crippen LogP contribution in [0, 0.1) is 11.8 Å². The number of urea groups is 1. The fourth-order valence-electron chi connectivity index (χ4n) is 2.84. The third-order valence-corrected chi connectivity index (χ3v) is 4.39. The number of carboxylic acid groups (broad SMARTS) is 1. The molecule has 0 radical (unpaired) electrons. The number of benzene rings is 1. The zero-order valence-corrected chi connectivity index (χ0v) is 16.8. The van der Waals surface area contributed by atoms with Crippen LogP contribution in [0.25, 0.3) is 0 Å². The molecule has 6 nitrogen and oxygen atoms in total. The fourth-order valence-corrected chi connectivity index (χ4v) is 2.84. The van der Waals surface area contributed by atoms with Crippen LogP contribution in [0.15, 0.2) is 24.3 Å². The topological polar surface area (TPSA) is 72.9 Å². The largest absolute Gasteiger partial charge is 0.481 e. The van der Waals surface area contributed by atoms with Crippen LogP contribution in [0.4, 0.5) is 4.79 Å². The van der Waals surface area contributed by atoms with Gasteiger partial charge in [-0.3, -0.25) is 4.79 Å². The van der Waals surface area contributed by atoms with Gasteiger partial charge in [-0.1, -0.05) is 45.0 Å². The average molecular weight is 364 g/mol. The van der Waals surface area contributed by atoms with Crippen LogP contribution in [0.2, 0.25) is 0 Å². The van der Waals surface area contributed by atoms with Gasteiger partial charge in [0.2, 0.25) is 0 Å². The number of hydrogen-bond donors (Lipinski definition) is 2. The Morgan fingerprint density at radius 3 is 2.12 bits per heavy atom. The molecule has 0 aromatic heterocycles. The Kier molecular flexibility index (Phi) is 8.58. The van der Waals surface area contributed by atoms with Crippen molar-refractivity contribution < 1.29 is 14.7 Å². The summed E-state index contributed by atoms with van der Waals surface area (Å²) in [7, 11) is 5.57. The molecule has 26 heavy (non-hydrogen) atoms. The van der Waals surface area contributed by atoms with Crippen LogP contribution in [-0.2, 0) is 11.2 Å². The van der Waals surface area contributed by atoms with Gasteiger partial charge in [0.15, 0.2) is 0 Å². The van der Waals surface area contributed by atoms with Crippen molar-refractivity contribution in [1.29, 1.82) is 0 Å². The van der Waals surface area contributed by atoms with Crippen molar-refractivity contribution in [1.82, 2.24) is 15.1 Å². The van der Waals surface area contributed by atoms with Crippen LogP contribution in [0.5, 0.6) is 0 Å². The predicted molar refractivity (Wildman–Crippen MR) is 104 cm³/mol. The minimum atomic E-state index is -0.905. The molecule has 0 saturated heterocycles. The van der Waals surface area contributed by atoms with Crippen LogP contribution in [-0.4, -0.2) is 61.1 Å². The van der Waals surface area contributed by atoms with Crippen molar-refractivity contribution in [2.24, 2.45) is 11.8 Å². The summed E-state index contributed by atoms with van der Waals surface area (Å²) < 4.78 is 0. The number of carbonyl (C=O) groups excluding carboxylic acids is 1. The van der Waals surface area contributed by atoms with Gasteiger partial charge >= 0.3 is 12.0 Å². The molecular formula is C20H33N3O3. The van der Waals surface area contributed by atoms with Gasteiger partial charge in [-0.2, -0.15) is 0 Å². The van der Waals surface area contributed by atoms with E-state index in [1.165, 1.54) is 10.5 Å². The Bertz CT molecular complexity index is 584. The van der Waals surface area contributed by atoms with E-state index in [1.54, 1.807) is 14.0 Å². The number of hydrogen-bond acceptors (Lipinski definition) is 3. The summed E-state index contributed by atoms with van der Waals surface area (Å²) >= 11 is 0. The van der Waals surface area contributed by atoms with Crippen LogP contribution in [0.3, 0.4) is 0 Å². The molecule has 1 aromatic rings. The first-order valence-corrected chi connectivity index (χ1v) is 9.08. The summed E-state index contributed by atoms with van der Waals surface area (Å²) in [6.45, 7) is 6.63. The van der Waals surface area contributed by atoms with E-state index in [0.29, 0.717) is 12.5 Å². The number of carbonyl (C=O) groups is 2. The van der Waals surface area contributed by atoms with Crippen LogP contribution in [0.1, 0.15) is 37.9 Å². The highest BCUT2D eigenvalue weighted by Crippen LogP contribution is 2.19. The van der Waals surface area contributed by atoms with Gasteiger partial charge in [0.05, 0.1) is 12.0 Å². The SMILES string of the molecule is CC(C)Cc1ccc(C(CNC(=O)N(C)CC(C)C(=O)O)N(C)C)cc1. The van der Waals surface area contributed by atoms with Crippen LogP contribution >= 0.6 is 0 Å². The number of nitrogens with one attached hydrogen (secondary N) is 1. The fraction of sp³-hybridized carbons (Fsp3) is 0.600. The number of rotatable bonds is 9. The maximum atomic E-state index is 12.2. The molecule has 2 amide bonds. The predicted octanol–water partition coefficient (Wildman–Crippen LogP) is 2.85. The standard InChI is InChI=1S/C20H33N3O3/c1-14(2)11-16-7-9-17(10-8-16)18(22(4)5)12-21-20(26)23(6)13-15(3)19(24)25/h7-10,14-15,18H,11-13H2,1-6H3,(H,21,26)(H,24,25). The summed E-state index contributed by atoms with van der Waals surface area (Å²) in [5.74, 6) is -0.880. The number of likely N-dealkylation sites (N-methyl/N-ethyl adjacent to an activating group) is 1. The lowest BCUT2D eigenvalue weighted by Crippen LogP contribution is -2.43. The minimum Gasteiger partial charge on any atom is -0.481 e. The Hall–Kier alpha value is -2.08. The van der Waals surface area contributed by atoms with Crippen molar-refractivity contribution in [3.63, 3.8) is 0 Å². The van der Waals surface area contributed by atoms with E-state index >= 15 is 0 Å². The summed E-state index contributed by atoms with van der Waals surface area (Å²) in [6, 6.07) is 8.32. The second-order valence-corrected chi connectivity index (χ2v) is 7.62. The summed E-state index contributed by atoms with van der Waals surface area (Å²) in [6.07, 6.45) is 1.05. The molecule has 2 unspecified atom stereocenters. The smallest absolute Gasteiger partial charge is 0.317 e. The van der Waals surface area contributed by atoms with Gasteiger partial charge in [-0.15, -0.1) is 0 Å². The second kappa shape index (κ2) is 10.2. The van der Waals surface area contributed by atoms with E-state index in [4.69, 9.17) is 5.11 Å². The van der Waals surface area contributed by atoms with Gasteiger partial charge in [-0.05, 0) is 37.6 Å². The molecule has 146 valence electrons. The number of amides is 2. The van der Waals surface area contributed by atoms with E-state index in [0.717, 1.165) is 12.0 Å². The lowest BCUT2D eigenvalue weighted by Gasteiger charge is -2.27. The highest BCUT2D eigenvalue weighted by atomic mass is 16.4. The molecule has 0 heterocycles. The molecule has 0 spiro atoms. The Morgan fingerprint density at radius 1 is 1.08 bits per heavy atom. The number of aliphatic carboxylic acids is 1. The molecule has 0 saturated carbocycles. The first kappa shape index (κ1) is 22.0. The quantitative estimate of drug-likeness (QED) is 0.708. The lowest BCUT2D eigenvalue weighted by molar-refractivity contribution is -0.141. The summed E-state index contributed by atoms with van der Waals surface area (Å²) in [4.78, 5) is 26.6. The van der Waals surface area contributed by atoms with Gasteiger partial charge in [-0.25, -0.2) is 4.79 Å². The van der Waals surface area contributed by atoms with E-state index in [9.17, 15) is 9.59 Å². The maximum absolute atomic E-state index is 12.2. The summed E-state index contributed by atoms with van der Waals surface area (Å²) in [5.41, 5.74) is 2.46. The van der Waals surface area contributed by atoms with Crippen molar-refractivity contribution in [2.75, 3.05) is 34.2 Å². The van der Waals surface area contributed by atoms with Crippen molar-refractivity contribution >= 4 is 12.0 Å². The molecular weight excluding hydrogens is 330 g/mol. The molecule has 0 aliphatic heterocycles. The van der Waals surface area contributed by atoms with Gasteiger partial charge < -0.3 is 20.2 Å². The van der Waals surface area contributed by atoms with Crippen molar-refractivity contribution in [2.45, 2.75) is 33.2 Å². The Morgan fingerprint density at radius 2 is 1.65 bits per heavy atom. The zero-order valence-electron chi connectivity index (χ0n) is 16.8. The molecule has 2 atom stereocenters. The molecule has 0 bridgehead atoms. The van der Waals surface area contributed by atoms with Crippen molar-refractivity contribution in [3.8, 4) is 0 Å². The van der Waals surface area contributed by atoms with E-state index < -0.39 is 11.9 Å². The van der Waals surface area contributed by atoms with Gasteiger partial charge in [0, 0.05) is 20.1 Å². The summed E-state index contributed by atoms with van der Waals surface area (Å²) in [5, 5.41) is 11.9. The minimum absolute atomic E-state index is 0.0531.